The summed E-state index contributed by atoms with van der Waals surface area (Å²) in [6.45, 7) is 4.27. The number of thiazole rings is 1. The maximum absolute atomic E-state index is 13.0. The minimum Gasteiger partial charge on any atom is -0.349 e. The van der Waals surface area contributed by atoms with Crippen LogP contribution in [-0.4, -0.2) is 43.0 Å². The summed E-state index contributed by atoms with van der Waals surface area (Å²) < 4.78 is 27.0. The number of thiophene rings is 1. The van der Waals surface area contributed by atoms with Crippen LogP contribution in [0.4, 0.5) is 13.9 Å². The van der Waals surface area contributed by atoms with Gasteiger partial charge in [0, 0.05) is 13.1 Å². The Morgan fingerprint density at radius 1 is 1.33 bits per heavy atom. The summed E-state index contributed by atoms with van der Waals surface area (Å²) in [5.74, 6) is -3.61. The van der Waals surface area contributed by atoms with E-state index >= 15 is 0 Å². The molecule has 0 atom stereocenters. The van der Waals surface area contributed by atoms with Crippen LogP contribution in [-0.2, 0) is 0 Å². The Morgan fingerprint density at radius 2 is 1.96 bits per heavy atom. The fraction of sp³-hybridized carbons (Fsp3) is 0.538. The number of carbonyl (C=O) groups is 1. The molecule has 24 heavy (non-hydrogen) atoms. The van der Waals surface area contributed by atoms with Crippen molar-refractivity contribution in [1.82, 2.24) is 10.3 Å². The molecule has 0 saturated carbocycles. The number of carbonyl (C=O) groups excluding carboxylic acids is 1. The number of rotatable bonds is 7. The van der Waals surface area contributed by atoms with Crippen molar-refractivity contribution in [2.24, 2.45) is 5.73 Å². The van der Waals surface area contributed by atoms with Gasteiger partial charge in [-0.2, -0.15) is 0 Å². The highest BCUT2D eigenvalue weighted by Crippen LogP contribution is 2.34. The topological polar surface area (TPSA) is 71.2 Å². The molecule has 2 heterocycles. The van der Waals surface area contributed by atoms with E-state index in [4.69, 9.17) is 5.73 Å². The second-order valence-electron chi connectivity index (χ2n) is 4.69. The van der Waals surface area contributed by atoms with Crippen LogP contribution in [0.2, 0.25) is 0 Å². The highest BCUT2D eigenvalue weighted by Gasteiger charge is 2.27. The number of nitrogens with one attached hydrogen (secondary N) is 1. The van der Waals surface area contributed by atoms with Crippen LogP contribution in [0.25, 0.3) is 9.53 Å². The average molecular weight is 421 g/mol. The molecule has 0 aromatic carbocycles. The Kier molecular flexibility index (Phi) is 9.37. The van der Waals surface area contributed by atoms with Gasteiger partial charge in [0.05, 0.1) is 22.7 Å². The molecule has 0 bridgehead atoms. The van der Waals surface area contributed by atoms with Crippen LogP contribution in [0.15, 0.2) is 6.07 Å². The van der Waals surface area contributed by atoms with Gasteiger partial charge in [-0.3, -0.25) is 4.79 Å². The van der Waals surface area contributed by atoms with Gasteiger partial charge >= 0.3 is 0 Å². The SMILES string of the molecule is CCN(CC)c1nc2sc(C(=O)NCC(F)(F)CN)cc2s1.Cl.Cl. The Bertz CT molecular complexity index is 630. The minimum absolute atomic E-state index is 0. The standard InChI is InChI=1S/C13H18F2N4OS2.2ClH/c1-3-19(4-2)12-18-11-9(22-12)5-8(21-11)10(20)17-7-13(14,15)6-16;;/h5H,3-4,6-7,16H2,1-2H3,(H,17,20);2*1H. The van der Waals surface area contributed by atoms with E-state index in [2.05, 4.69) is 29.0 Å². The molecular weight excluding hydrogens is 401 g/mol. The molecule has 0 spiro atoms. The Hall–Kier alpha value is -0.740. The number of halogens is 4. The van der Waals surface area contributed by atoms with E-state index in [-0.39, 0.29) is 24.8 Å². The quantitative estimate of drug-likeness (QED) is 0.719. The second kappa shape index (κ2) is 9.67. The summed E-state index contributed by atoms with van der Waals surface area (Å²) in [5, 5.41) is 3.12. The first-order valence-corrected chi connectivity index (χ1v) is 8.55. The lowest BCUT2D eigenvalue weighted by Crippen LogP contribution is -2.41. The second-order valence-corrected chi connectivity index (χ2v) is 6.73. The van der Waals surface area contributed by atoms with Gasteiger partial charge in [-0.05, 0) is 19.9 Å². The molecule has 0 aliphatic carbocycles. The molecule has 0 aliphatic heterocycles. The van der Waals surface area contributed by atoms with Gasteiger partial charge in [0.15, 0.2) is 5.13 Å². The maximum Gasteiger partial charge on any atom is 0.277 e. The van der Waals surface area contributed by atoms with E-state index in [1.807, 2.05) is 0 Å². The number of nitrogens with two attached hydrogens (primary N) is 1. The van der Waals surface area contributed by atoms with Crippen LogP contribution in [0.5, 0.6) is 0 Å². The molecule has 138 valence electrons. The van der Waals surface area contributed by atoms with Crippen molar-refractivity contribution in [3.05, 3.63) is 10.9 Å². The normalized spacial score (nSPS) is 10.9. The molecule has 0 aliphatic rings. The van der Waals surface area contributed by atoms with Crippen LogP contribution in [0.3, 0.4) is 0 Å². The van der Waals surface area contributed by atoms with Gasteiger partial charge in [-0.1, -0.05) is 11.3 Å². The van der Waals surface area contributed by atoms with Gasteiger partial charge in [0.2, 0.25) is 0 Å². The molecule has 5 nitrogen and oxygen atoms in total. The van der Waals surface area contributed by atoms with E-state index in [9.17, 15) is 13.6 Å². The summed E-state index contributed by atoms with van der Waals surface area (Å²) >= 11 is 2.71. The van der Waals surface area contributed by atoms with Crippen molar-refractivity contribution >= 4 is 68.1 Å². The first kappa shape index (κ1) is 23.3. The summed E-state index contributed by atoms with van der Waals surface area (Å²) in [6, 6.07) is 1.70. The molecular formula is C13H20Cl2F2N4OS2. The van der Waals surface area contributed by atoms with Gasteiger partial charge in [-0.15, -0.1) is 36.2 Å². The summed E-state index contributed by atoms with van der Waals surface area (Å²) in [7, 11) is 0. The maximum atomic E-state index is 13.0. The highest BCUT2D eigenvalue weighted by atomic mass is 35.5. The smallest absolute Gasteiger partial charge is 0.277 e. The van der Waals surface area contributed by atoms with Gasteiger partial charge in [0.25, 0.3) is 11.8 Å². The number of anilines is 1. The number of nitrogens with zero attached hydrogens (tertiary/aromatic N) is 2. The lowest BCUT2D eigenvalue weighted by molar-refractivity contribution is 0.0119. The summed E-state index contributed by atoms with van der Waals surface area (Å²) in [5.41, 5.74) is 4.94. The molecule has 1 amide bonds. The molecule has 2 aromatic rings. The fourth-order valence-corrected chi connectivity index (χ4v) is 4.09. The minimum atomic E-state index is -3.08. The third-order valence-electron chi connectivity index (χ3n) is 3.14. The molecule has 2 aromatic heterocycles. The number of fused-ring (bicyclic) bond motifs is 1. The predicted octanol–water partition coefficient (Wildman–Crippen LogP) is 3.37. The lowest BCUT2D eigenvalue weighted by atomic mass is 10.3. The van der Waals surface area contributed by atoms with Crippen molar-refractivity contribution < 1.29 is 13.6 Å². The highest BCUT2D eigenvalue weighted by molar-refractivity contribution is 7.29. The number of amides is 1. The first-order valence-electron chi connectivity index (χ1n) is 6.91. The van der Waals surface area contributed by atoms with Crippen molar-refractivity contribution in [2.45, 2.75) is 19.8 Å². The van der Waals surface area contributed by atoms with Gasteiger partial charge in [-0.25, -0.2) is 13.8 Å². The fourth-order valence-electron chi connectivity index (χ4n) is 1.83. The summed E-state index contributed by atoms with van der Waals surface area (Å²) in [6.07, 6.45) is 0. The molecule has 11 heteroatoms. The monoisotopic (exact) mass is 420 g/mol. The van der Waals surface area contributed by atoms with E-state index in [1.165, 1.54) is 22.7 Å². The van der Waals surface area contributed by atoms with Gasteiger partial charge < -0.3 is 16.0 Å². The molecule has 3 N–H and O–H groups in total. The van der Waals surface area contributed by atoms with Crippen LogP contribution in [0, 0.1) is 0 Å². The molecule has 2 rings (SSSR count). The van der Waals surface area contributed by atoms with Crippen molar-refractivity contribution in [2.75, 3.05) is 31.1 Å². The number of hydrogen-bond acceptors (Lipinski definition) is 6. The van der Waals surface area contributed by atoms with Crippen molar-refractivity contribution in [1.29, 1.82) is 0 Å². The molecule has 0 fully saturated rings. The molecule has 0 radical (unpaired) electrons. The third kappa shape index (κ3) is 5.38. The average Bonchev–Trinajstić information content (AvgIpc) is 3.05. The zero-order valence-electron chi connectivity index (χ0n) is 13.2. The molecule has 0 unspecified atom stereocenters. The third-order valence-corrected chi connectivity index (χ3v) is 5.36. The van der Waals surface area contributed by atoms with E-state index in [0.717, 1.165) is 27.8 Å². The lowest BCUT2D eigenvalue weighted by Gasteiger charge is -2.16. The summed E-state index contributed by atoms with van der Waals surface area (Å²) in [4.78, 5) is 19.7. The largest absolute Gasteiger partial charge is 0.349 e. The number of alkyl halides is 2. The Labute approximate surface area is 159 Å². The van der Waals surface area contributed by atoms with Crippen LogP contribution < -0.4 is 16.0 Å². The Morgan fingerprint density at radius 3 is 2.46 bits per heavy atom. The zero-order chi connectivity index (χ0) is 16.3. The predicted molar refractivity (Wildman–Crippen MR) is 102 cm³/mol. The number of hydrogen-bond donors (Lipinski definition) is 2. The van der Waals surface area contributed by atoms with E-state index < -0.39 is 24.9 Å². The Balaban J connectivity index is 0.00000264. The van der Waals surface area contributed by atoms with Gasteiger partial charge in [0.1, 0.15) is 4.83 Å². The number of aromatic nitrogens is 1. The van der Waals surface area contributed by atoms with Crippen molar-refractivity contribution in [3.8, 4) is 0 Å². The molecule has 0 saturated heterocycles. The zero-order valence-corrected chi connectivity index (χ0v) is 16.4. The van der Waals surface area contributed by atoms with Crippen molar-refractivity contribution in [3.63, 3.8) is 0 Å². The first-order chi connectivity index (χ1) is 10.4. The van der Waals surface area contributed by atoms with Crippen LogP contribution in [0.1, 0.15) is 23.5 Å². The van der Waals surface area contributed by atoms with E-state index in [0.29, 0.717) is 4.88 Å². The van der Waals surface area contributed by atoms with Crippen LogP contribution >= 0.6 is 47.5 Å². The van der Waals surface area contributed by atoms with E-state index in [1.54, 1.807) is 6.07 Å².